The Labute approximate surface area is 192 Å². The summed E-state index contributed by atoms with van der Waals surface area (Å²) >= 11 is 0. The van der Waals surface area contributed by atoms with Crippen LogP contribution < -0.4 is 21.7 Å². The van der Waals surface area contributed by atoms with Crippen molar-refractivity contribution in [3.05, 3.63) is 29.8 Å². The molecular weight excluding hydrogens is 432 g/mol. The molecule has 1 rings (SSSR count). The molecule has 0 bridgehead atoms. The van der Waals surface area contributed by atoms with Gasteiger partial charge in [0.15, 0.2) is 6.04 Å². The van der Waals surface area contributed by atoms with Gasteiger partial charge in [0.05, 0.1) is 12.1 Å². The summed E-state index contributed by atoms with van der Waals surface area (Å²) in [6.07, 6.45) is -0.595. The van der Waals surface area contributed by atoms with Crippen LogP contribution in [0.1, 0.15) is 39.7 Å². The summed E-state index contributed by atoms with van der Waals surface area (Å²) in [5, 5.41) is 35.2. The van der Waals surface area contributed by atoms with Crippen LogP contribution >= 0.6 is 0 Å². The van der Waals surface area contributed by atoms with E-state index in [1.54, 1.807) is 19.1 Å². The van der Waals surface area contributed by atoms with Crippen LogP contribution in [0.2, 0.25) is 0 Å². The molecule has 0 saturated heterocycles. The molecule has 6 atom stereocenters. The van der Waals surface area contributed by atoms with Crippen molar-refractivity contribution in [1.82, 2.24) is 16.0 Å². The van der Waals surface area contributed by atoms with Gasteiger partial charge in [0.25, 0.3) is 0 Å². The maximum absolute atomic E-state index is 12.8. The van der Waals surface area contributed by atoms with Crippen molar-refractivity contribution in [2.24, 2.45) is 11.7 Å². The molecule has 0 heterocycles. The van der Waals surface area contributed by atoms with E-state index in [0.29, 0.717) is 6.42 Å². The summed E-state index contributed by atoms with van der Waals surface area (Å²) in [6.45, 7) is 6.18. The van der Waals surface area contributed by atoms with Gasteiger partial charge in [0.2, 0.25) is 17.7 Å². The molecule has 8 N–H and O–H groups in total. The largest absolute Gasteiger partial charge is 0.508 e. The van der Waals surface area contributed by atoms with Gasteiger partial charge in [-0.05, 0) is 43.9 Å². The number of benzene rings is 1. The number of carboxylic acid groups (broad SMARTS) is 1. The first kappa shape index (κ1) is 27.9. The lowest BCUT2D eigenvalue weighted by Gasteiger charge is -2.27. The fourth-order valence-electron chi connectivity index (χ4n) is 2.98. The van der Waals surface area contributed by atoms with E-state index in [0.717, 1.165) is 5.56 Å². The highest BCUT2D eigenvalue weighted by Gasteiger charge is 2.31. The maximum Gasteiger partial charge on any atom is 0.328 e. The molecule has 1 aromatic carbocycles. The summed E-state index contributed by atoms with van der Waals surface area (Å²) in [5.74, 6) is -3.58. The van der Waals surface area contributed by atoms with Gasteiger partial charge in [0, 0.05) is 0 Å². The van der Waals surface area contributed by atoms with Crippen LogP contribution in [0.5, 0.6) is 5.75 Å². The number of nitrogens with two attached hydrogens (primary N) is 1. The standard InChI is InChI=1S/C22H34N4O7/c1-5-11(2)17(25-20(30)16(23)10-14-6-8-15(28)9-7-14)21(31)24-12(3)19(29)26-18(13(4)27)22(32)33/h6-9,11-13,16-18,27-28H,5,10,23H2,1-4H3,(H,24,31)(H,25,30)(H,26,29)(H,32,33). The number of hydrogen-bond acceptors (Lipinski definition) is 7. The topological polar surface area (TPSA) is 191 Å². The molecule has 0 aliphatic heterocycles. The highest BCUT2D eigenvalue weighted by Crippen LogP contribution is 2.12. The number of carbonyl (C=O) groups excluding carboxylic acids is 3. The predicted molar refractivity (Wildman–Crippen MR) is 120 cm³/mol. The van der Waals surface area contributed by atoms with E-state index < -0.39 is 54.0 Å². The average molecular weight is 467 g/mol. The minimum absolute atomic E-state index is 0.0894. The molecule has 33 heavy (non-hydrogen) atoms. The molecule has 11 nitrogen and oxygen atoms in total. The van der Waals surface area contributed by atoms with Crippen molar-refractivity contribution < 1.29 is 34.5 Å². The Bertz CT molecular complexity index is 829. The highest BCUT2D eigenvalue weighted by molar-refractivity contribution is 5.94. The van der Waals surface area contributed by atoms with Crippen molar-refractivity contribution >= 4 is 23.7 Å². The van der Waals surface area contributed by atoms with Crippen LogP contribution in [0, 0.1) is 5.92 Å². The minimum Gasteiger partial charge on any atom is -0.508 e. The molecule has 0 aliphatic rings. The second kappa shape index (κ2) is 12.8. The van der Waals surface area contributed by atoms with Crippen LogP contribution in [0.3, 0.4) is 0 Å². The Kier molecular flexibility index (Phi) is 10.8. The number of aliphatic hydroxyl groups is 1. The lowest BCUT2D eigenvalue weighted by atomic mass is 9.97. The molecule has 0 aliphatic carbocycles. The molecule has 0 aromatic heterocycles. The first-order valence-electron chi connectivity index (χ1n) is 10.7. The third-order valence-electron chi connectivity index (χ3n) is 5.32. The number of phenolic OH excluding ortho intramolecular Hbond substituents is 1. The van der Waals surface area contributed by atoms with Gasteiger partial charge in [-0.1, -0.05) is 32.4 Å². The van der Waals surface area contributed by atoms with Crippen molar-refractivity contribution in [3.8, 4) is 5.75 Å². The molecule has 0 radical (unpaired) electrons. The van der Waals surface area contributed by atoms with E-state index >= 15 is 0 Å². The summed E-state index contributed by atoms with van der Waals surface area (Å²) in [6, 6.07) is 1.67. The lowest BCUT2D eigenvalue weighted by molar-refractivity contribution is -0.145. The highest BCUT2D eigenvalue weighted by atomic mass is 16.4. The number of aromatic hydroxyl groups is 1. The second-order valence-electron chi connectivity index (χ2n) is 8.14. The zero-order valence-corrected chi connectivity index (χ0v) is 19.2. The first-order chi connectivity index (χ1) is 15.4. The van der Waals surface area contributed by atoms with Crippen molar-refractivity contribution in [2.45, 2.75) is 70.8 Å². The van der Waals surface area contributed by atoms with Gasteiger partial charge in [-0.15, -0.1) is 0 Å². The number of aliphatic hydroxyl groups excluding tert-OH is 1. The zero-order chi connectivity index (χ0) is 25.3. The Balaban J connectivity index is 2.80. The normalized spacial score (nSPS) is 16.4. The summed E-state index contributed by atoms with van der Waals surface area (Å²) in [7, 11) is 0. The quantitative estimate of drug-likeness (QED) is 0.209. The maximum atomic E-state index is 12.8. The average Bonchev–Trinajstić information content (AvgIpc) is 2.75. The monoisotopic (exact) mass is 466 g/mol. The number of carboxylic acids is 1. The number of phenols is 1. The van der Waals surface area contributed by atoms with Crippen molar-refractivity contribution in [3.63, 3.8) is 0 Å². The fraction of sp³-hybridized carbons (Fsp3) is 0.545. The molecule has 11 heteroatoms. The number of rotatable bonds is 12. The molecule has 0 fully saturated rings. The Morgan fingerprint density at radius 3 is 1.94 bits per heavy atom. The molecule has 3 amide bonds. The van der Waals surface area contributed by atoms with E-state index in [-0.39, 0.29) is 18.1 Å². The van der Waals surface area contributed by atoms with Gasteiger partial charge in [-0.25, -0.2) is 4.79 Å². The van der Waals surface area contributed by atoms with E-state index in [9.17, 15) is 29.4 Å². The number of nitrogens with one attached hydrogen (secondary N) is 3. The number of hydrogen-bond donors (Lipinski definition) is 7. The van der Waals surface area contributed by atoms with Gasteiger partial charge in [0.1, 0.15) is 17.8 Å². The zero-order valence-electron chi connectivity index (χ0n) is 19.2. The van der Waals surface area contributed by atoms with E-state index in [1.165, 1.54) is 26.0 Å². The van der Waals surface area contributed by atoms with E-state index in [4.69, 9.17) is 10.8 Å². The van der Waals surface area contributed by atoms with E-state index in [2.05, 4.69) is 16.0 Å². The van der Waals surface area contributed by atoms with Crippen LogP contribution in [0.4, 0.5) is 0 Å². The molecule has 1 aromatic rings. The lowest BCUT2D eigenvalue weighted by Crippen LogP contribution is -2.58. The van der Waals surface area contributed by atoms with Gasteiger partial charge < -0.3 is 37.0 Å². The van der Waals surface area contributed by atoms with Crippen LogP contribution in [-0.2, 0) is 25.6 Å². The Morgan fingerprint density at radius 1 is 0.909 bits per heavy atom. The predicted octanol–water partition coefficient (Wildman–Crippen LogP) is -0.752. The Morgan fingerprint density at radius 2 is 1.45 bits per heavy atom. The van der Waals surface area contributed by atoms with Crippen LogP contribution in [0.15, 0.2) is 24.3 Å². The number of carbonyl (C=O) groups is 4. The molecule has 6 unspecified atom stereocenters. The van der Waals surface area contributed by atoms with Crippen molar-refractivity contribution in [2.75, 3.05) is 0 Å². The van der Waals surface area contributed by atoms with Gasteiger partial charge in [-0.2, -0.15) is 0 Å². The minimum atomic E-state index is -1.53. The smallest absolute Gasteiger partial charge is 0.328 e. The number of aliphatic carboxylic acids is 1. The summed E-state index contributed by atoms with van der Waals surface area (Å²) < 4.78 is 0. The summed E-state index contributed by atoms with van der Waals surface area (Å²) in [4.78, 5) is 48.9. The van der Waals surface area contributed by atoms with Gasteiger partial charge in [-0.3, -0.25) is 14.4 Å². The molecule has 0 spiro atoms. The number of amides is 3. The third kappa shape index (κ3) is 8.70. The molecule has 0 saturated carbocycles. The van der Waals surface area contributed by atoms with Crippen LogP contribution in [-0.4, -0.2) is 69.3 Å². The van der Waals surface area contributed by atoms with E-state index in [1.807, 2.05) is 6.92 Å². The molecule has 184 valence electrons. The SMILES string of the molecule is CCC(C)C(NC(=O)C(N)Cc1ccc(O)cc1)C(=O)NC(C)C(=O)NC(C(=O)O)C(C)O. The Hall–Kier alpha value is -3.18. The van der Waals surface area contributed by atoms with Gasteiger partial charge >= 0.3 is 5.97 Å². The molecular formula is C22H34N4O7. The second-order valence-corrected chi connectivity index (χ2v) is 8.14. The third-order valence-corrected chi connectivity index (χ3v) is 5.32. The summed E-state index contributed by atoms with van der Waals surface area (Å²) in [5.41, 5.74) is 6.72. The van der Waals surface area contributed by atoms with Crippen molar-refractivity contribution in [1.29, 1.82) is 0 Å². The van der Waals surface area contributed by atoms with Crippen LogP contribution in [0.25, 0.3) is 0 Å². The first-order valence-corrected chi connectivity index (χ1v) is 10.7. The fourth-order valence-corrected chi connectivity index (χ4v) is 2.98.